The van der Waals surface area contributed by atoms with Crippen LogP contribution in [0.2, 0.25) is 0 Å². The Morgan fingerprint density at radius 1 is 1.32 bits per heavy atom. The minimum absolute atomic E-state index is 0.0887. The molecule has 1 unspecified atom stereocenters. The number of carbonyl (C=O) groups is 1. The molecule has 1 saturated heterocycles. The van der Waals surface area contributed by atoms with E-state index < -0.39 is 0 Å². The molecule has 2 rings (SSSR count). The Kier molecular flexibility index (Phi) is 9.41. The number of piperidine rings is 1. The number of nitrogens with zero attached hydrogens (tertiary/aromatic N) is 2. The number of benzene rings is 1. The standard InChI is InChI=1S/C20H33N5O3/c1-4-21-20(23-14-19(26)22-10-12-27-2)24-16-7-6-11-25(15-16)17-8-5-9-18(13-17)28-3/h5,8-9,13,16H,4,6-7,10-12,14-15H2,1-3H3,(H,22,26)(H2,21,23,24). The predicted molar refractivity (Wildman–Crippen MR) is 112 cm³/mol. The molecule has 0 radical (unpaired) electrons. The summed E-state index contributed by atoms with van der Waals surface area (Å²) in [6.45, 7) is 5.72. The quantitative estimate of drug-likeness (QED) is 0.331. The number of hydrogen-bond donors (Lipinski definition) is 3. The maximum absolute atomic E-state index is 11.9. The Labute approximate surface area is 167 Å². The highest BCUT2D eigenvalue weighted by Crippen LogP contribution is 2.24. The molecule has 0 bridgehead atoms. The minimum Gasteiger partial charge on any atom is -0.497 e. The summed E-state index contributed by atoms with van der Waals surface area (Å²) < 4.78 is 10.3. The van der Waals surface area contributed by atoms with Gasteiger partial charge in [0.15, 0.2) is 5.96 Å². The molecule has 8 nitrogen and oxygen atoms in total. The van der Waals surface area contributed by atoms with Crippen LogP contribution in [-0.2, 0) is 9.53 Å². The molecular weight excluding hydrogens is 358 g/mol. The lowest BCUT2D eigenvalue weighted by atomic mass is 10.0. The summed E-state index contributed by atoms with van der Waals surface area (Å²) >= 11 is 0. The third-order valence-corrected chi connectivity index (χ3v) is 4.53. The van der Waals surface area contributed by atoms with E-state index in [-0.39, 0.29) is 18.5 Å². The molecule has 1 aliphatic rings. The third-order valence-electron chi connectivity index (χ3n) is 4.53. The lowest BCUT2D eigenvalue weighted by Gasteiger charge is -2.35. The first kappa shape index (κ1) is 21.8. The zero-order valence-corrected chi connectivity index (χ0v) is 17.2. The Balaban J connectivity index is 1.92. The topological polar surface area (TPSA) is 87.2 Å². The van der Waals surface area contributed by atoms with Crippen LogP contribution < -0.4 is 25.6 Å². The maximum Gasteiger partial charge on any atom is 0.241 e. The van der Waals surface area contributed by atoms with Gasteiger partial charge in [-0.15, -0.1) is 0 Å². The molecule has 1 aromatic carbocycles. The number of ether oxygens (including phenoxy) is 2. The largest absolute Gasteiger partial charge is 0.497 e. The summed E-state index contributed by atoms with van der Waals surface area (Å²) in [6, 6.07) is 8.39. The molecule has 1 heterocycles. The highest BCUT2D eigenvalue weighted by Gasteiger charge is 2.21. The number of guanidine groups is 1. The molecule has 1 aliphatic heterocycles. The smallest absolute Gasteiger partial charge is 0.241 e. The van der Waals surface area contributed by atoms with Crippen molar-refractivity contribution in [1.29, 1.82) is 0 Å². The molecule has 1 atom stereocenters. The molecule has 0 spiro atoms. The van der Waals surface area contributed by atoms with Crippen molar-refractivity contribution < 1.29 is 14.3 Å². The fourth-order valence-corrected chi connectivity index (χ4v) is 3.15. The van der Waals surface area contributed by atoms with Crippen molar-refractivity contribution in [1.82, 2.24) is 16.0 Å². The first-order valence-corrected chi connectivity index (χ1v) is 9.85. The summed E-state index contributed by atoms with van der Waals surface area (Å²) in [4.78, 5) is 18.6. The van der Waals surface area contributed by atoms with Crippen LogP contribution >= 0.6 is 0 Å². The van der Waals surface area contributed by atoms with Crippen molar-refractivity contribution in [3.8, 4) is 5.75 Å². The first-order chi connectivity index (χ1) is 13.7. The average molecular weight is 392 g/mol. The number of carbonyl (C=O) groups excluding carboxylic acids is 1. The van der Waals surface area contributed by atoms with Crippen LogP contribution in [0.4, 0.5) is 5.69 Å². The third kappa shape index (κ3) is 7.26. The van der Waals surface area contributed by atoms with Gasteiger partial charge in [0.25, 0.3) is 0 Å². The molecule has 0 aromatic heterocycles. The van der Waals surface area contributed by atoms with Gasteiger partial charge in [-0.1, -0.05) is 6.07 Å². The second kappa shape index (κ2) is 12.1. The monoisotopic (exact) mass is 391 g/mol. The predicted octanol–water partition coefficient (Wildman–Crippen LogP) is 0.982. The summed E-state index contributed by atoms with van der Waals surface area (Å²) in [7, 11) is 3.29. The molecule has 0 saturated carbocycles. The van der Waals surface area contributed by atoms with Gasteiger partial charge in [0.05, 0.1) is 13.7 Å². The Morgan fingerprint density at radius 2 is 2.18 bits per heavy atom. The Bertz CT molecular complexity index is 638. The molecule has 28 heavy (non-hydrogen) atoms. The van der Waals surface area contributed by atoms with Crippen molar-refractivity contribution in [3.05, 3.63) is 24.3 Å². The fraction of sp³-hybridized carbons (Fsp3) is 0.600. The van der Waals surface area contributed by atoms with E-state index in [0.29, 0.717) is 19.1 Å². The molecule has 8 heteroatoms. The van der Waals surface area contributed by atoms with Gasteiger partial charge in [-0.05, 0) is 31.9 Å². The van der Waals surface area contributed by atoms with Crippen molar-refractivity contribution in [3.63, 3.8) is 0 Å². The van der Waals surface area contributed by atoms with Crippen LogP contribution in [0.5, 0.6) is 5.75 Å². The number of nitrogens with one attached hydrogen (secondary N) is 3. The summed E-state index contributed by atoms with van der Waals surface area (Å²) in [5.41, 5.74) is 1.16. The van der Waals surface area contributed by atoms with Crippen LogP contribution in [0.15, 0.2) is 29.3 Å². The van der Waals surface area contributed by atoms with Crippen LogP contribution in [0.25, 0.3) is 0 Å². The van der Waals surface area contributed by atoms with E-state index in [9.17, 15) is 4.79 Å². The van der Waals surface area contributed by atoms with Gasteiger partial charge in [0.1, 0.15) is 12.3 Å². The van der Waals surface area contributed by atoms with Gasteiger partial charge < -0.3 is 30.3 Å². The fourth-order valence-electron chi connectivity index (χ4n) is 3.15. The van der Waals surface area contributed by atoms with E-state index in [0.717, 1.165) is 43.9 Å². The van der Waals surface area contributed by atoms with E-state index in [2.05, 4.69) is 38.0 Å². The average Bonchev–Trinajstić information content (AvgIpc) is 2.72. The normalized spacial score (nSPS) is 17.2. The number of methoxy groups -OCH3 is 2. The van der Waals surface area contributed by atoms with Crippen LogP contribution in [0.3, 0.4) is 0 Å². The van der Waals surface area contributed by atoms with E-state index in [4.69, 9.17) is 9.47 Å². The van der Waals surface area contributed by atoms with Gasteiger partial charge >= 0.3 is 0 Å². The van der Waals surface area contributed by atoms with E-state index in [1.807, 2.05) is 19.1 Å². The maximum atomic E-state index is 11.9. The highest BCUT2D eigenvalue weighted by molar-refractivity contribution is 5.85. The summed E-state index contributed by atoms with van der Waals surface area (Å²) in [6.07, 6.45) is 2.15. The SMILES string of the molecule is CCNC(=NCC(=O)NCCOC)NC1CCCN(c2cccc(OC)c2)C1. The number of amides is 1. The van der Waals surface area contributed by atoms with Crippen molar-refractivity contribution in [2.75, 3.05) is 58.5 Å². The van der Waals surface area contributed by atoms with Crippen molar-refractivity contribution >= 4 is 17.6 Å². The van der Waals surface area contributed by atoms with Crippen LogP contribution in [-0.4, -0.2) is 71.5 Å². The minimum atomic E-state index is -0.115. The number of rotatable bonds is 9. The highest BCUT2D eigenvalue weighted by atomic mass is 16.5. The summed E-state index contributed by atoms with van der Waals surface area (Å²) in [5.74, 6) is 1.42. The molecule has 156 valence electrons. The van der Waals surface area contributed by atoms with Crippen LogP contribution in [0, 0.1) is 0 Å². The molecule has 1 fully saturated rings. The van der Waals surface area contributed by atoms with Crippen molar-refractivity contribution in [2.45, 2.75) is 25.8 Å². The van der Waals surface area contributed by atoms with Gasteiger partial charge in [-0.2, -0.15) is 0 Å². The Morgan fingerprint density at radius 3 is 2.93 bits per heavy atom. The molecular formula is C20H33N5O3. The molecule has 1 aromatic rings. The van der Waals surface area contributed by atoms with E-state index in [1.54, 1.807) is 14.2 Å². The van der Waals surface area contributed by atoms with Gasteiger partial charge in [-0.25, -0.2) is 4.99 Å². The molecule has 3 N–H and O–H groups in total. The lowest BCUT2D eigenvalue weighted by molar-refractivity contribution is -0.119. The zero-order chi connectivity index (χ0) is 20.2. The van der Waals surface area contributed by atoms with Gasteiger partial charge in [0.2, 0.25) is 5.91 Å². The van der Waals surface area contributed by atoms with Gasteiger partial charge in [-0.3, -0.25) is 4.79 Å². The van der Waals surface area contributed by atoms with Gasteiger partial charge in [0, 0.05) is 51.1 Å². The zero-order valence-electron chi connectivity index (χ0n) is 17.2. The number of anilines is 1. The molecule has 1 amide bonds. The summed E-state index contributed by atoms with van der Waals surface area (Å²) in [5, 5.41) is 9.47. The first-order valence-electron chi connectivity index (χ1n) is 9.85. The lowest BCUT2D eigenvalue weighted by Crippen LogP contribution is -2.51. The molecule has 0 aliphatic carbocycles. The van der Waals surface area contributed by atoms with Crippen molar-refractivity contribution in [2.24, 2.45) is 4.99 Å². The second-order valence-electron chi connectivity index (χ2n) is 6.67. The number of aliphatic imine (C=N–C) groups is 1. The second-order valence-corrected chi connectivity index (χ2v) is 6.67. The Hall–Kier alpha value is -2.48. The number of hydrogen-bond acceptors (Lipinski definition) is 5. The van der Waals surface area contributed by atoms with E-state index >= 15 is 0 Å². The van der Waals surface area contributed by atoms with Crippen LogP contribution in [0.1, 0.15) is 19.8 Å². The van der Waals surface area contributed by atoms with E-state index in [1.165, 1.54) is 0 Å².